The molecule has 0 amide bonds. The number of phenols is 1. The second kappa shape index (κ2) is 8.01. The summed E-state index contributed by atoms with van der Waals surface area (Å²) in [4.78, 5) is -0.778. The van der Waals surface area contributed by atoms with Crippen LogP contribution in [0.4, 0.5) is 30.2 Å². The number of hydrogen-bond acceptors (Lipinski definition) is 6. The maximum atomic E-state index is 13.2. The van der Waals surface area contributed by atoms with E-state index in [0.29, 0.717) is 28.1 Å². The van der Waals surface area contributed by atoms with Crippen LogP contribution in [0.15, 0.2) is 51.5 Å². The number of fused-ring (bicyclic) bond motifs is 1. The molecule has 0 aliphatic rings. The topological polar surface area (TPSA) is 120 Å². The summed E-state index contributed by atoms with van der Waals surface area (Å²) in [7, 11) is 0. The first-order valence-electron chi connectivity index (χ1n) is 8.50. The molecule has 0 aliphatic heterocycles. The van der Waals surface area contributed by atoms with Crippen LogP contribution >= 0.6 is 0 Å². The lowest BCUT2D eigenvalue weighted by Crippen LogP contribution is -2.09. The Morgan fingerprint density at radius 2 is 1.80 bits per heavy atom. The van der Waals surface area contributed by atoms with Gasteiger partial charge in [0.1, 0.15) is 5.69 Å². The van der Waals surface area contributed by atoms with E-state index in [0.717, 1.165) is 17.7 Å². The van der Waals surface area contributed by atoms with Crippen LogP contribution in [-0.4, -0.2) is 13.9 Å². The highest BCUT2D eigenvalue weighted by atomic mass is 32.2. The number of hydrogen-bond donors (Lipinski definition) is 4. The van der Waals surface area contributed by atoms with Gasteiger partial charge in [-0.1, -0.05) is 6.07 Å². The van der Waals surface area contributed by atoms with Crippen LogP contribution in [0.25, 0.3) is 10.8 Å². The maximum absolute atomic E-state index is 13.2. The molecule has 0 heterocycles. The maximum Gasteiger partial charge on any atom is 0.417 e. The monoisotopic (exact) mass is 438 g/mol. The van der Waals surface area contributed by atoms with Crippen molar-refractivity contribution < 1.29 is 27.0 Å². The first-order valence-corrected chi connectivity index (χ1v) is 9.61. The number of azo groups is 1. The molecule has 30 heavy (non-hydrogen) atoms. The van der Waals surface area contributed by atoms with Crippen molar-refractivity contribution in [1.82, 2.24) is 0 Å². The van der Waals surface area contributed by atoms with E-state index in [9.17, 15) is 22.5 Å². The molecule has 3 aromatic rings. The summed E-state index contributed by atoms with van der Waals surface area (Å²) in [5, 5.41) is 19.5. The Hall–Kier alpha value is -3.02. The number of nitrogens with one attached hydrogen (secondary N) is 1. The van der Waals surface area contributed by atoms with E-state index >= 15 is 0 Å². The molecular weight excluding hydrogens is 421 g/mol. The van der Waals surface area contributed by atoms with Gasteiger partial charge in [-0.25, -0.2) is 4.21 Å². The molecule has 7 nitrogen and oxygen atoms in total. The first-order chi connectivity index (χ1) is 14.0. The van der Waals surface area contributed by atoms with E-state index in [2.05, 4.69) is 15.7 Å². The summed E-state index contributed by atoms with van der Waals surface area (Å²) in [6.07, 6.45) is -4.85. The van der Waals surface area contributed by atoms with Gasteiger partial charge in [0.2, 0.25) is 0 Å². The molecule has 0 spiro atoms. The molecule has 0 aromatic heterocycles. The standard InChI is InChI=1S/C19H17F3N4O3S/c1-9-5-11-7-10(2)17(18(27)16(11)14(6-9)24-23)26-25-12-3-4-15(30(28)29)13(8-12)19(20,21)22/h3-8,24,27H,23H2,1-2H3,(H,28,29). The van der Waals surface area contributed by atoms with E-state index in [1.807, 2.05) is 13.0 Å². The van der Waals surface area contributed by atoms with E-state index in [-0.39, 0.29) is 17.1 Å². The Balaban J connectivity index is 2.13. The average Bonchev–Trinajstić information content (AvgIpc) is 2.65. The number of aromatic hydroxyl groups is 1. The van der Waals surface area contributed by atoms with Crippen LogP contribution in [0, 0.1) is 13.8 Å². The van der Waals surface area contributed by atoms with E-state index in [1.54, 1.807) is 19.1 Å². The van der Waals surface area contributed by atoms with Crippen LogP contribution in [0.3, 0.4) is 0 Å². The van der Waals surface area contributed by atoms with Crippen molar-refractivity contribution in [1.29, 1.82) is 0 Å². The number of halogens is 3. The summed E-state index contributed by atoms with van der Waals surface area (Å²) >= 11 is -2.82. The molecule has 0 radical (unpaired) electrons. The summed E-state index contributed by atoms with van der Waals surface area (Å²) < 4.78 is 59.8. The highest BCUT2D eigenvalue weighted by molar-refractivity contribution is 7.79. The molecule has 1 unspecified atom stereocenters. The molecule has 3 aromatic carbocycles. The zero-order valence-corrected chi connectivity index (χ0v) is 16.6. The lowest BCUT2D eigenvalue weighted by atomic mass is 10.0. The van der Waals surface area contributed by atoms with Gasteiger partial charge < -0.3 is 15.1 Å². The molecule has 0 saturated carbocycles. The van der Waals surface area contributed by atoms with Crippen molar-refractivity contribution in [3.63, 3.8) is 0 Å². The van der Waals surface area contributed by atoms with Gasteiger partial charge in [-0.15, -0.1) is 5.11 Å². The van der Waals surface area contributed by atoms with Crippen LogP contribution in [0.2, 0.25) is 0 Å². The minimum atomic E-state index is -4.85. The lowest BCUT2D eigenvalue weighted by Gasteiger charge is -2.13. The number of rotatable bonds is 4. The van der Waals surface area contributed by atoms with Crippen molar-refractivity contribution in [2.75, 3.05) is 5.43 Å². The Morgan fingerprint density at radius 3 is 2.40 bits per heavy atom. The summed E-state index contributed by atoms with van der Waals surface area (Å²) in [5.41, 5.74) is 2.98. The average molecular weight is 438 g/mol. The summed E-state index contributed by atoms with van der Waals surface area (Å²) in [6, 6.07) is 7.92. The quantitative estimate of drug-likeness (QED) is 0.187. The third kappa shape index (κ3) is 4.13. The summed E-state index contributed by atoms with van der Waals surface area (Å²) in [5.74, 6) is 5.31. The molecular formula is C19H17F3N4O3S. The van der Waals surface area contributed by atoms with Gasteiger partial charge in [-0.05, 0) is 60.7 Å². The fourth-order valence-corrected chi connectivity index (χ4v) is 3.65. The smallest absolute Gasteiger partial charge is 0.417 e. The molecule has 158 valence electrons. The fraction of sp³-hybridized carbons (Fsp3) is 0.158. The first kappa shape index (κ1) is 21.7. The van der Waals surface area contributed by atoms with Gasteiger partial charge in [-0.2, -0.15) is 18.3 Å². The predicted octanol–water partition coefficient (Wildman–Crippen LogP) is 5.46. The third-order valence-electron chi connectivity index (χ3n) is 4.40. The van der Waals surface area contributed by atoms with Crippen molar-refractivity contribution in [3.8, 4) is 5.75 Å². The predicted molar refractivity (Wildman–Crippen MR) is 108 cm³/mol. The molecule has 5 N–H and O–H groups in total. The zero-order valence-electron chi connectivity index (χ0n) is 15.8. The fourth-order valence-electron chi connectivity index (χ4n) is 3.10. The SMILES string of the molecule is Cc1cc(NN)c2c(O)c(N=Nc3ccc(S(=O)O)c(C(F)(F)F)c3)c(C)cc2c1. The number of phenolic OH excluding ortho intramolecular Hbond substituents is 1. The zero-order chi connectivity index (χ0) is 22.2. The Labute approximate surface area is 171 Å². The second-order valence-electron chi connectivity index (χ2n) is 6.57. The van der Waals surface area contributed by atoms with Crippen LogP contribution in [0.5, 0.6) is 5.75 Å². The molecule has 3 rings (SSSR count). The van der Waals surface area contributed by atoms with Crippen molar-refractivity contribution in [3.05, 3.63) is 53.1 Å². The molecule has 1 atom stereocenters. The lowest BCUT2D eigenvalue weighted by molar-refractivity contribution is -0.139. The number of nitrogens with zero attached hydrogens (tertiary/aromatic N) is 2. The van der Waals surface area contributed by atoms with Crippen LogP contribution in [-0.2, 0) is 17.3 Å². The Morgan fingerprint density at radius 1 is 1.10 bits per heavy atom. The molecule has 0 saturated heterocycles. The number of alkyl halides is 3. The molecule has 11 heteroatoms. The van der Waals surface area contributed by atoms with E-state index in [1.165, 1.54) is 0 Å². The van der Waals surface area contributed by atoms with E-state index < -0.39 is 27.7 Å². The van der Waals surface area contributed by atoms with Crippen LogP contribution in [0.1, 0.15) is 16.7 Å². The van der Waals surface area contributed by atoms with Gasteiger partial charge in [-0.3, -0.25) is 5.84 Å². The van der Waals surface area contributed by atoms with Crippen molar-refractivity contribution in [2.45, 2.75) is 24.9 Å². The minimum absolute atomic E-state index is 0.0613. The highest BCUT2D eigenvalue weighted by Crippen LogP contribution is 2.43. The molecule has 0 aliphatic carbocycles. The highest BCUT2D eigenvalue weighted by Gasteiger charge is 2.35. The third-order valence-corrected chi connectivity index (χ3v) is 5.13. The number of nitrogens with two attached hydrogens (primary N) is 1. The van der Waals surface area contributed by atoms with Crippen molar-refractivity contribution in [2.24, 2.45) is 16.1 Å². The number of hydrazine groups is 1. The molecule has 0 bridgehead atoms. The van der Waals surface area contributed by atoms with Gasteiger partial charge >= 0.3 is 6.18 Å². The van der Waals surface area contributed by atoms with Crippen molar-refractivity contribution >= 4 is 38.9 Å². The summed E-state index contributed by atoms with van der Waals surface area (Å²) in [6.45, 7) is 3.53. The number of benzene rings is 3. The Kier molecular flexibility index (Phi) is 5.79. The van der Waals surface area contributed by atoms with Gasteiger partial charge in [0, 0.05) is 0 Å². The van der Waals surface area contributed by atoms with Crippen LogP contribution < -0.4 is 11.3 Å². The molecule has 0 fully saturated rings. The van der Waals surface area contributed by atoms with Gasteiger partial charge in [0.05, 0.1) is 27.2 Å². The largest absolute Gasteiger partial charge is 0.505 e. The van der Waals surface area contributed by atoms with Gasteiger partial charge in [0.25, 0.3) is 0 Å². The number of anilines is 1. The normalized spacial score (nSPS) is 13.2. The second-order valence-corrected chi connectivity index (χ2v) is 7.51. The number of nitrogen functional groups attached to an aromatic ring is 1. The Bertz CT molecular complexity index is 1200. The van der Waals surface area contributed by atoms with E-state index in [4.69, 9.17) is 10.4 Å². The van der Waals surface area contributed by atoms with Gasteiger partial charge in [0.15, 0.2) is 16.8 Å². The minimum Gasteiger partial charge on any atom is -0.505 e. The number of aryl methyl sites for hydroxylation is 2.